The van der Waals surface area contributed by atoms with Gasteiger partial charge >= 0.3 is 0 Å². The van der Waals surface area contributed by atoms with Crippen LogP contribution in [0.4, 0.5) is 5.69 Å². The van der Waals surface area contributed by atoms with Crippen molar-refractivity contribution in [2.45, 2.75) is 6.92 Å². The summed E-state index contributed by atoms with van der Waals surface area (Å²) in [5.41, 5.74) is 0.819. The minimum atomic E-state index is -0.0591. The first-order chi connectivity index (χ1) is 5.22. The number of rotatable bonds is 1. The maximum Gasteiger partial charge on any atom is 0.223 e. The van der Waals surface area contributed by atoms with Gasteiger partial charge in [-0.25, -0.2) is 0 Å². The highest BCUT2D eigenvalue weighted by Crippen LogP contribution is 2.11. The van der Waals surface area contributed by atoms with E-state index in [-0.39, 0.29) is 5.91 Å². The molecule has 2 heteroatoms. The molecule has 1 aromatic rings. The number of hydrogen-bond acceptors (Lipinski definition) is 1. The molecule has 0 heterocycles. The van der Waals surface area contributed by atoms with Crippen LogP contribution in [0.3, 0.4) is 0 Å². The van der Waals surface area contributed by atoms with Gasteiger partial charge in [-0.2, -0.15) is 0 Å². The Morgan fingerprint density at radius 1 is 1.36 bits per heavy atom. The Morgan fingerprint density at radius 3 is 2.36 bits per heavy atom. The van der Waals surface area contributed by atoms with E-state index in [2.05, 4.69) is 7.05 Å². The summed E-state index contributed by atoms with van der Waals surface area (Å²) in [7, 11) is 3.59. The predicted molar refractivity (Wildman–Crippen MR) is 45.0 cm³/mol. The Balaban J connectivity index is 2.85. The van der Waals surface area contributed by atoms with Gasteiger partial charge in [-0.3, -0.25) is 4.79 Å². The quantitative estimate of drug-likeness (QED) is 0.595. The van der Waals surface area contributed by atoms with Crippen molar-refractivity contribution >= 4 is 11.6 Å². The molecule has 0 aliphatic carbocycles. The third-order valence-electron chi connectivity index (χ3n) is 1.45. The number of carbonyl (C=O) groups is 1. The minimum Gasteiger partial charge on any atom is -0.311 e. The smallest absolute Gasteiger partial charge is 0.223 e. The maximum atomic E-state index is 10.8. The van der Waals surface area contributed by atoms with Gasteiger partial charge in [0.1, 0.15) is 0 Å². The van der Waals surface area contributed by atoms with Gasteiger partial charge in [0.05, 0.1) is 0 Å². The Morgan fingerprint density at radius 2 is 1.91 bits per heavy atom. The first-order valence-corrected chi connectivity index (χ1v) is 3.38. The number of carbonyl (C=O) groups excluding carboxylic acids is 1. The van der Waals surface area contributed by atoms with E-state index >= 15 is 0 Å². The monoisotopic (exact) mass is 148 g/mol. The molecule has 0 fully saturated rings. The zero-order valence-electron chi connectivity index (χ0n) is 6.45. The van der Waals surface area contributed by atoms with Crippen molar-refractivity contribution in [2.75, 3.05) is 4.90 Å². The van der Waals surface area contributed by atoms with E-state index in [9.17, 15) is 4.79 Å². The molecule has 1 radical (unpaired) electrons. The minimum absolute atomic E-state index is 0.0591. The normalized spacial score (nSPS) is 9.27. The molecule has 0 spiro atoms. The lowest BCUT2D eigenvalue weighted by molar-refractivity contribution is -0.116. The van der Waals surface area contributed by atoms with Gasteiger partial charge in [-0.05, 0) is 12.1 Å². The Bertz CT molecular complexity index is 243. The lowest BCUT2D eigenvalue weighted by Crippen LogP contribution is -2.19. The molecular formula is C9H10NO. The molecule has 2 nitrogen and oxygen atoms in total. The van der Waals surface area contributed by atoms with Crippen molar-refractivity contribution in [3.8, 4) is 0 Å². The Hall–Kier alpha value is -1.31. The molecule has 0 atom stereocenters. The average molecular weight is 148 g/mol. The molecule has 0 saturated carbocycles. The fourth-order valence-electron chi connectivity index (χ4n) is 0.790. The van der Waals surface area contributed by atoms with Crippen LogP contribution in [-0.4, -0.2) is 5.91 Å². The van der Waals surface area contributed by atoms with E-state index in [4.69, 9.17) is 0 Å². The first-order valence-electron chi connectivity index (χ1n) is 3.38. The van der Waals surface area contributed by atoms with Gasteiger partial charge in [0.25, 0.3) is 0 Å². The van der Waals surface area contributed by atoms with Gasteiger partial charge < -0.3 is 4.90 Å². The van der Waals surface area contributed by atoms with Crippen LogP contribution in [-0.2, 0) is 4.79 Å². The average Bonchev–Trinajstić information content (AvgIpc) is 2.05. The molecule has 0 unspecified atom stereocenters. The highest BCUT2D eigenvalue weighted by Gasteiger charge is 2.02. The SMILES string of the molecule is [CH2]N(C(C)=O)c1ccccc1. The fraction of sp³-hybridized carbons (Fsp3) is 0.111. The summed E-state index contributed by atoms with van der Waals surface area (Å²) in [5.74, 6) is -0.0591. The van der Waals surface area contributed by atoms with Crippen LogP contribution >= 0.6 is 0 Å². The van der Waals surface area contributed by atoms with Crippen LogP contribution < -0.4 is 4.90 Å². The van der Waals surface area contributed by atoms with Gasteiger partial charge in [0.15, 0.2) is 0 Å². The molecule has 0 aliphatic heterocycles. The third kappa shape index (κ3) is 1.80. The van der Waals surface area contributed by atoms with Crippen molar-refractivity contribution in [3.63, 3.8) is 0 Å². The van der Waals surface area contributed by atoms with E-state index in [0.29, 0.717) is 0 Å². The van der Waals surface area contributed by atoms with Crippen LogP contribution in [0.15, 0.2) is 30.3 Å². The zero-order chi connectivity index (χ0) is 8.27. The van der Waals surface area contributed by atoms with Gasteiger partial charge in [-0.15, -0.1) is 0 Å². The molecule has 1 amide bonds. The van der Waals surface area contributed by atoms with Crippen LogP contribution in [0.25, 0.3) is 0 Å². The lowest BCUT2D eigenvalue weighted by Gasteiger charge is -2.13. The maximum absolute atomic E-state index is 10.8. The fourth-order valence-corrected chi connectivity index (χ4v) is 0.790. The van der Waals surface area contributed by atoms with E-state index in [1.54, 1.807) is 0 Å². The van der Waals surface area contributed by atoms with E-state index < -0.39 is 0 Å². The van der Waals surface area contributed by atoms with E-state index in [1.807, 2.05) is 30.3 Å². The summed E-state index contributed by atoms with van der Waals surface area (Å²) in [4.78, 5) is 12.2. The number of para-hydroxylation sites is 1. The Kier molecular flexibility index (Phi) is 2.26. The van der Waals surface area contributed by atoms with Crippen molar-refractivity contribution in [1.82, 2.24) is 0 Å². The summed E-state index contributed by atoms with van der Waals surface area (Å²) >= 11 is 0. The van der Waals surface area contributed by atoms with E-state index in [0.717, 1.165) is 5.69 Å². The van der Waals surface area contributed by atoms with Gasteiger partial charge in [0.2, 0.25) is 5.91 Å². The van der Waals surface area contributed by atoms with Crippen molar-refractivity contribution in [2.24, 2.45) is 0 Å². The van der Waals surface area contributed by atoms with Crippen molar-refractivity contribution < 1.29 is 4.79 Å². The van der Waals surface area contributed by atoms with Gasteiger partial charge in [0, 0.05) is 19.7 Å². The summed E-state index contributed by atoms with van der Waals surface area (Å²) in [6.07, 6.45) is 0. The Labute approximate surface area is 66.4 Å². The molecule has 0 aromatic heterocycles. The van der Waals surface area contributed by atoms with Crippen molar-refractivity contribution in [3.05, 3.63) is 37.4 Å². The second-order valence-electron chi connectivity index (χ2n) is 2.28. The molecule has 1 aromatic carbocycles. The molecular weight excluding hydrogens is 138 g/mol. The summed E-state index contributed by atoms with van der Waals surface area (Å²) in [6, 6.07) is 9.33. The summed E-state index contributed by atoms with van der Waals surface area (Å²) < 4.78 is 0. The van der Waals surface area contributed by atoms with Crippen LogP contribution in [0, 0.1) is 7.05 Å². The predicted octanol–water partition coefficient (Wildman–Crippen LogP) is 1.83. The second-order valence-corrected chi connectivity index (χ2v) is 2.28. The summed E-state index contributed by atoms with van der Waals surface area (Å²) in [6.45, 7) is 1.49. The molecule has 0 saturated heterocycles. The number of nitrogens with zero attached hydrogens (tertiary/aromatic N) is 1. The van der Waals surface area contributed by atoms with Crippen LogP contribution in [0.2, 0.25) is 0 Å². The molecule has 1 rings (SSSR count). The first kappa shape index (κ1) is 7.79. The molecule has 57 valence electrons. The number of benzene rings is 1. The highest BCUT2D eigenvalue weighted by atomic mass is 16.2. The number of amides is 1. The number of hydrogen-bond donors (Lipinski definition) is 0. The molecule has 0 aliphatic rings. The third-order valence-corrected chi connectivity index (χ3v) is 1.45. The molecule has 0 N–H and O–H groups in total. The highest BCUT2D eigenvalue weighted by molar-refractivity contribution is 5.91. The zero-order valence-corrected chi connectivity index (χ0v) is 6.45. The van der Waals surface area contributed by atoms with Crippen LogP contribution in [0.1, 0.15) is 6.92 Å². The second kappa shape index (κ2) is 3.19. The summed E-state index contributed by atoms with van der Waals surface area (Å²) in [5, 5.41) is 0. The molecule has 11 heavy (non-hydrogen) atoms. The van der Waals surface area contributed by atoms with Gasteiger partial charge in [-0.1, -0.05) is 18.2 Å². The topological polar surface area (TPSA) is 20.3 Å². The van der Waals surface area contributed by atoms with Crippen LogP contribution in [0.5, 0.6) is 0 Å². The van der Waals surface area contributed by atoms with E-state index in [1.165, 1.54) is 11.8 Å². The van der Waals surface area contributed by atoms with Crippen molar-refractivity contribution in [1.29, 1.82) is 0 Å². The largest absolute Gasteiger partial charge is 0.311 e. The lowest BCUT2D eigenvalue weighted by atomic mass is 10.3. The molecule has 0 bridgehead atoms. The number of anilines is 1. The standard InChI is InChI=1S/C9H10NO/c1-8(11)10(2)9-6-4-3-5-7-9/h3-7H,2H2,1H3.